The fourth-order valence-corrected chi connectivity index (χ4v) is 0.853. The Morgan fingerprint density at radius 1 is 1.36 bits per heavy atom. The highest BCUT2D eigenvalue weighted by atomic mass is 16.3. The Hall–Kier alpha value is -0.650. The summed E-state index contributed by atoms with van der Waals surface area (Å²) in [4.78, 5) is 13.2. The van der Waals surface area contributed by atoms with E-state index >= 15 is 0 Å². The van der Waals surface area contributed by atoms with Gasteiger partial charge in [0.15, 0.2) is 0 Å². The van der Waals surface area contributed by atoms with E-state index < -0.39 is 5.54 Å². The highest BCUT2D eigenvalue weighted by Crippen LogP contribution is 2.01. The molecule has 5 nitrogen and oxygen atoms in total. The lowest BCUT2D eigenvalue weighted by molar-refractivity contribution is -0.124. The minimum atomic E-state index is -0.913. The van der Waals surface area contributed by atoms with Gasteiger partial charge < -0.3 is 20.4 Å². The van der Waals surface area contributed by atoms with Gasteiger partial charge in [-0.2, -0.15) is 0 Å². The first-order valence-corrected chi connectivity index (χ1v) is 4.61. The zero-order chi connectivity index (χ0) is 11.2. The summed E-state index contributed by atoms with van der Waals surface area (Å²) in [6, 6.07) is 0. The first-order chi connectivity index (χ1) is 6.43. The topological polar surface area (TPSA) is 72.8 Å². The van der Waals surface area contributed by atoms with E-state index in [9.17, 15) is 4.79 Å². The quantitative estimate of drug-likeness (QED) is 0.508. The highest BCUT2D eigenvalue weighted by molar-refractivity contribution is 5.76. The average molecular weight is 204 g/mol. The summed E-state index contributed by atoms with van der Waals surface area (Å²) in [5.41, 5.74) is -0.913. The van der Waals surface area contributed by atoms with Gasteiger partial charge in [0.2, 0.25) is 5.91 Å². The minimum absolute atomic E-state index is 0.163. The smallest absolute Gasteiger partial charge is 0.221 e. The third-order valence-corrected chi connectivity index (χ3v) is 1.93. The van der Waals surface area contributed by atoms with Crippen molar-refractivity contribution in [3.05, 3.63) is 0 Å². The molecule has 0 aliphatic carbocycles. The van der Waals surface area contributed by atoms with Crippen LogP contribution in [-0.4, -0.2) is 60.4 Å². The molecule has 0 heterocycles. The number of rotatable bonds is 6. The molecule has 0 atom stereocenters. The van der Waals surface area contributed by atoms with E-state index in [1.165, 1.54) is 0 Å². The zero-order valence-corrected chi connectivity index (χ0v) is 9.08. The van der Waals surface area contributed by atoms with E-state index in [0.29, 0.717) is 13.0 Å². The minimum Gasteiger partial charge on any atom is -0.394 e. The molecule has 0 aromatic heterocycles. The van der Waals surface area contributed by atoms with Crippen LogP contribution in [0.1, 0.15) is 13.3 Å². The predicted molar refractivity (Wildman–Crippen MR) is 53.9 cm³/mol. The van der Waals surface area contributed by atoms with Gasteiger partial charge in [0, 0.05) is 13.0 Å². The maximum Gasteiger partial charge on any atom is 0.221 e. The van der Waals surface area contributed by atoms with E-state index in [2.05, 4.69) is 5.32 Å². The Bertz CT molecular complexity index is 179. The van der Waals surface area contributed by atoms with E-state index in [1.807, 2.05) is 19.0 Å². The van der Waals surface area contributed by atoms with Crippen LogP contribution < -0.4 is 5.32 Å². The molecule has 0 aliphatic heterocycles. The van der Waals surface area contributed by atoms with Gasteiger partial charge in [-0.25, -0.2) is 0 Å². The lowest BCUT2D eigenvalue weighted by Crippen LogP contribution is -2.52. The maximum absolute atomic E-state index is 11.3. The van der Waals surface area contributed by atoms with E-state index in [0.717, 1.165) is 0 Å². The van der Waals surface area contributed by atoms with Gasteiger partial charge in [0.25, 0.3) is 0 Å². The van der Waals surface area contributed by atoms with Crippen molar-refractivity contribution in [2.45, 2.75) is 18.9 Å². The Balaban J connectivity index is 3.92. The molecule has 0 aliphatic rings. The largest absolute Gasteiger partial charge is 0.394 e. The number of hydrogen-bond acceptors (Lipinski definition) is 4. The number of carbonyl (C=O) groups excluding carboxylic acids is 1. The molecular weight excluding hydrogens is 184 g/mol. The summed E-state index contributed by atoms with van der Waals surface area (Å²) < 4.78 is 0. The van der Waals surface area contributed by atoms with Crippen LogP contribution in [0.5, 0.6) is 0 Å². The van der Waals surface area contributed by atoms with Gasteiger partial charge in [-0.1, -0.05) is 0 Å². The number of aliphatic hydroxyl groups excluding tert-OH is 2. The molecule has 14 heavy (non-hydrogen) atoms. The van der Waals surface area contributed by atoms with Crippen LogP contribution in [0.15, 0.2) is 0 Å². The van der Waals surface area contributed by atoms with E-state index in [1.54, 1.807) is 6.92 Å². The number of amides is 1. The van der Waals surface area contributed by atoms with Crippen molar-refractivity contribution in [3.8, 4) is 0 Å². The van der Waals surface area contributed by atoms with Gasteiger partial charge >= 0.3 is 0 Å². The van der Waals surface area contributed by atoms with Crippen molar-refractivity contribution in [2.75, 3.05) is 33.9 Å². The van der Waals surface area contributed by atoms with Crippen LogP contribution in [-0.2, 0) is 4.79 Å². The van der Waals surface area contributed by atoms with Gasteiger partial charge in [-0.3, -0.25) is 4.79 Å². The molecule has 0 saturated heterocycles. The third kappa shape index (κ3) is 5.16. The monoisotopic (exact) mass is 204 g/mol. The van der Waals surface area contributed by atoms with Crippen molar-refractivity contribution in [3.63, 3.8) is 0 Å². The summed E-state index contributed by atoms with van der Waals surface area (Å²) in [5, 5.41) is 20.4. The molecule has 0 fully saturated rings. The Labute approximate surface area is 84.7 Å². The standard InChI is InChI=1S/C9H20N2O3/c1-9(6-12,7-13)10-8(14)4-5-11(2)3/h12-13H,4-7H2,1-3H3,(H,10,14). The number of carbonyl (C=O) groups is 1. The Kier molecular flexibility index (Phi) is 5.68. The summed E-state index contributed by atoms with van der Waals surface area (Å²) in [7, 11) is 3.76. The molecule has 0 rings (SSSR count). The zero-order valence-electron chi connectivity index (χ0n) is 9.08. The third-order valence-electron chi connectivity index (χ3n) is 1.93. The fourth-order valence-electron chi connectivity index (χ4n) is 0.853. The second-order valence-corrected chi connectivity index (χ2v) is 3.98. The molecule has 0 spiro atoms. The average Bonchev–Trinajstić information content (AvgIpc) is 2.14. The molecule has 0 unspecified atom stereocenters. The number of nitrogens with zero attached hydrogens (tertiary/aromatic N) is 1. The maximum atomic E-state index is 11.3. The van der Waals surface area contributed by atoms with Gasteiger partial charge in [0.05, 0.1) is 18.8 Å². The molecule has 0 aromatic carbocycles. The van der Waals surface area contributed by atoms with Crippen LogP contribution in [0.4, 0.5) is 0 Å². The molecule has 5 heteroatoms. The van der Waals surface area contributed by atoms with Crippen molar-refractivity contribution in [1.29, 1.82) is 0 Å². The van der Waals surface area contributed by atoms with E-state index in [4.69, 9.17) is 10.2 Å². The van der Waals surface area contributed by atoms with E-state index in [-0.39, 0.29) is 19.1 Å². The number of hydrogen-bond donors (Lipinski definition) is 3. The highest BCUT2D eigenvalue weighted by Gasteiger charge is 2.24. The van der Waals surface area contributed by atoms with Crippen molar-refractivity contribution in [2.24, 2.45) is 0 Å². The van der Waals surface area contributed by atoms with Crippen LogP contribution in [0.25, 0.3) is 0 Å². The molecule has 1 amide bonds. The molecule has 84 valence electrons. The van der Waals surface area contributed by atoms with Crippen LogP contribution >= 0.6 is 0 Å². The molecule has 0 saturated carbocycles. The Morgan fingerprint density at radius 3 is 2.21 bits per heavy atom. The summed E-state index contributed by atoms with van der Waals surface area (Å²) in [5.74, 6) is -0.163. The molecule has 0 bridgehead atoms. The summed E-state index contributed by atoms with van der Waals surface area (Å²) >= 11 is 0. The normalized spacial score (nSPS) is 11.9. The fraction of sp³-hybridized carbons (Fsp3) is 0.889. The molecular formula is C9H20N2O3. The van der Waals surface area contributed by atoms with Gasteiger partial charge in [-0.05, 0) is 21.0 Å². The Morgan fingerprint density at radius 2 is 1.86 bits per heavy atom. The second kappa shape index (κ2) is 5.95. The molecule has 3 N–H and O–H groups in total. The van der Waals surface area contributed by atoms with Crippen molar-refractivity contribution in [1.82, 2.24) is 10.2 Å². The molecule has 0 aromatic rings. The number of nitrogens with one attached hydrogen (secondary N) is 1. The SMILES string of the molecule is CN(C)CCC(=O)NC(C)(CO)CO. The van der Waals surface area contributed by atoms with Gasteiger partial charge in [0.1, 0.15) is 0 Å². The van der Waals surface area contributed by atoms with Crippen LogP contribution in [0, 0.1) is 0 Å². The van der Waals surface area contributed by atoms with Gasteiger partial charge in [-0.15, -0.1) is 0 Å². The van der Waals surface area contributed by atoms with Crippen LogP contribution in [0.2, 0.25) is 0 Å². The first-order valence-electron chi connectivity index (χ1n) is 4.61. The number of aliphatic hydroxyl groups is 2. The second-order valence-electron chi connectivity index (χ2n) is 3.98. The van der Waals surface area contributed by atoms with Crippen molar-refractivity contribution >= 4 is 5.91 Å². The van der Waals surface area contributed by atoms with Crippen molar-refractivity contribution < 1.29 is 15.0 Å². The lowest BCUT2D eigenvalue weighted by Gasteiger charge is -2.26. The summed E-state index contributed by atoms with van der Waals surface area (Å²) in [6.45, 7) is 1.72. The van der Waals surface area contributed by atoms with Crippen LogP contribution in [0.3, 0.4) is 0 Å². The predicted octanol–water partition coefficient (Wildman–Crippen LogP) is -1.20. The first kappa shape index (κ1) is 13.4. The lowest BCUT2D eigenvalue weighted by atomic mass is 10.1. The molecule has 0 radical (unpaired) electrons. The summed E-state index contributed by atoms with van der Waals surface area (Å²) in [6.07, 6.45) is 0.364.